The van der Waals surface area contributed by atoms with Crippen LogP contribution in [0, 0.1) is 6.92 Å². The average molecular weight is 299 g/mol. The maximum atomic E-state index is 12.2. The zero-order chi connectivity index (χ0) is 15.4. The predicted octanol–water partition coefficient (Wildman–Crippen LogP) is 3.01. The molecular weight excluding hydrogens is 278 g/mol. The molecule has 2 heterocycles. The van der Waals surface area contributed by atoms with Gasteiger partial charge in [-0.05, 0) is 38.3 Å². The molecule has 22 heavy (non-hydrogen) atoms. The van der Waals surface area contributed by atoms with Gasteiger partial charge < -0.3 is 10.1 Å². The number of aromatic nitrogens is 2. The number of anilines is 1. The molecule has 0 unspecified atom stereocenters. The Balaban J connectivity index is 1.60. The van der Waals surface area contributed by atoms with Crippen molar-refractivity contribution in [3.63, 3.8) is 0 Å². The average Bonchev–Trinajstić information content (AvgIpc) is 2.95. The zero-order valence-electron chi connectivity index (χ0n) is 12.8. The Kier molecular flexibility index (Phi) is 4.53. The lowest BCUT2D eigenvalue weighted by Gasteiger charge is -2.22. The number of nitrogens with zero attached hydrogens (tertiary/aromatic N) is 2. The summed E-state index contributed by atoms with van der Waals surface area (Å²) < 4.78 is 7.54. The van der Waals surface area contributed by atoms with Gasteiger partial charge in [0.05, 0.1) is 24.5 Å². The quantitative estimate of drug-likeness (QED) is 0.944. The van der Waals surface area contributed by atoms with Crippen LogP contribution in [-0.2, 0) is 11.3 Å². The summed E-state index contributed by atoms with van der Waals surface area (Å²) in [5.74, 6) is -0.114. The molecule has 1 aliphatic heterocycles. The monoisotopic (exact) mass is 299 g/mol. The minimum atomic E-state index is -0.114. The lowest BCUT2D eigenvalue weighted by Crippen LogP contribution is -2.24. The van der Waals surface area contributed by atoms with Gasteiger partial charge in [0.15, 0.2) is 0 Å². The van der Waals surface area contributed by atoms with Crippen LogP contribution in [0.25, 0.3) is 0 Å². The van der Waals surface area contributed by atoms with Gasteiger partial charge in [-0.2, -0.15) is 5.10 Å². The summed E-state index contributed by atoms with van der Waals surface area (Å²) in [7, 11) is 0. The van der Waals surface area contributed by atoms with Crippen LogP contribution in [0.15, 0.2) is 36.7 Å². The second-order valence-electron chi connectivity index (χ2n) is 5.76. The molecule has 3 rings (SSSR count). The minimum Gasteiger partial charge on any atom is -0.376 e. The number of ether oxygens (including phenoxy) is 1. The van der Waals surface area contributed by atoms with Gasteiger partial charge in [-0.25, -0.2) is 0 Å². The maximum Gasteiger partial charge on any atom is 0.255 e. The highest BCUT2D eigenvalue weighted by Gasteiger charge is 2.15. The first kappa shape index (κ1) is 14.8. The van der Waals surface area contributed by atoms with Crippen molar-refractivity contribution >= 4 is 11.6 Å². The molecule has 0 saturated carbocycles. The highest BCUT2D eigenvalue weighted by atomic mass is 16.5. The van der Waals surface area contributed by atoms with Crippen LogP contribution in [0.4, 0.5) is 5.69 Å². The summed E-state index contributed by atoms with van der Waals surface area (Å²) >= 11 is 0. The Morgan fingerprint density at radius 1 is 1.45 bits per heavy atom. The number of nitrogens with one attached hydrogen (secondary N) is 1. The third-order valence-electron chi connectivity index (χ3n) is 3.84. The number of hydrogen-bond acceptors (Lipinski definition) is 3. The Labute approximate surface area is 130 Å². The first-order valence-corrected chi connectivity index (χ1v) is 7.73. The number of carbonyl (C=O) groups excluding carboxylic acids is 1. The van der Waals surface area contributed by atoms with Crippen LogP contribution in [-0.4, -0.2) is 28.4 Å². The molecule has 5 nitrogen and oxygen atoms in total. The first-order valence-electron chi connectivity index (χ1n) is 7.73. The summed E-state index contributed by atoms with van der Waals surface area (Å²) in [4.78, 5) is 12.2. The van der Waals surface area contributed by atoms with Crippen LogP contribution < -0.4 is 5.32 Å². The Hall–Kier alpha value is -2.14. The van der Waals surface area contributed by atoms with Gasteiger partial charge in [-0.1, -0.05) is 17.7 Å². The fourth-order valence-electron chi connectivity index (χ4n) is 2.68. The number of amides is 1. The van der Waals surface area contributed by atoms with E-state index in [0.717, 1.165) is 31.6 Å². The van der Waals surface area contributed by atoms with E-state index >= 15 is 0 Å². The van der Waals surface area contributed by atoms with E-state index in [-0.39, 0.29) is 12.0 Å². The molecule has 5 heteroatoms. The SMILES string of the molecule is Cc1cccc(C(=O)Nc2cnn(C[C@H]3CCCCO3)c2)c1. The molecule has 1 atom stereocenters. The van der Waals surface area contributed by atoms with Crippen LogP contribution in [0.5, 0.6) is 0 Å². The second kappa shape index (κ2) is 6.75. The fraction of sp³-hybridized carbons (Fsp3) is 0.412. The van der Waals surface area contributed by atoms with Gasteiger partial charge in [0.1, 0.15) is 0 Å². The molecule has 1 saturated heterocycles. The topological polar surface area (TPSA) is 56.2 Å². The molecule has 1 N–H and O–H groups in total. The Morgan fingerprint density at radius 2 is 2.36 bits per heavy atom. The molecule has 0 spiro atoms. The van der Waals surface area contributed by atoms with E-state index in [1.54, 1.807) is 6.20 Å². The number of hydrogen-bond donors (Lipinski definition) is 1. The smallest absolute Gasteiger partial charge is 0.255 e. The van der Waals surface area contributed by atoms with Crippen molar-refractivity contribution in [3.8, 4) is 0 Å². The molecule has 116 valence electrons. The van der Waals surface area contributed by atoms with Crippen molar-refractivity contribution in [1.29, 1.82) is 0 Å². The van der Waals surface area contributed by atoms with Gasteiger partial charge in [0, 0.05) is 18.4 Å². The van der Waals surface area contributed by atoms with Crippen LogP contribution in [0.2, 0.25) is 0 Å². The van der Waals surface area contributed by atoms with E-state index in [4.69, 9.17) is 4.74 Å². The van der Waals surface area contributed by atoms with E-state index in [1.165, 1.54) is 6.42 Å². The number of carbonyl (C=O) groups is 1. The third kappa shape index (κ3) is 3.74. The van der Waals surface area contributed by atoms with Crippen molar-refractivity contribution in [2.24, 2.45) is 0 Å². The summed E-state index contributed by atoms with van der Waals surface area (Å²) in [5, 5.41) is 7.18. The van der Waals surface area contributed by atoms with Gasteiger partial charge in [-0.15, -0.1) is 0 Å². The molecule has 1 amide bonds. The Bertz CT molecular complexity index is 645. The lowest BCUT2D eigenvalue weighted by molar-refractivity contribution is 0.00401. The lowest BCUT2D eigenvalue weighted by atomic mass is 10.1. The molecule has 0 aliphatic carbocycles. The van der Waals surface area contributed by atoms with Crippen molar-refractivity contribution in [2.75, 3.05) is 11.9 Å². The van der Waals surface area contributed by atoms with Gasteiger partial charge in [-0.3, -0.25) is 9.48 Å². The Morgan fingerprint density at radius 3 is 3.14 bits per heavy atom. The standard InChI is InChI=1S/C17H21N3O2/c1-13-5-4-6-14(9-13)17(21)19-15-10-18-20(11-15)12-16-7-2-3-8-22-16/h4-6,9-11,16H,2-3,7-8,12H2,1H3,(H,19,21)/t16-/m1/s1. The van der Waals surface area contributed by atoms with E-state index in [0.29, 0.717) is 11.3 Å². The van der Waals surface area contributed by atoms with Gasteiger partial charge in [0.25, 0.3) is 5.91 Å². The summed E-state index contributed by atoms with van der Waals surface area (Å²) in [6, 6.07) is 7.53. The normalized spacial score (nSPS) is 18.1. The fourth-order valence-corrected chi connectivity index (χ4v) is 2.68. The molecule has 1 aromatic carbocycles. The number of benzene rings is 1. The molecule has 0 bridgehead atoms. The minimum absolute atomic E-state index is 0.114. The summed E-state index contributed by atoms with van der Waals surface area (Å²) in [6.07, 6.45) is 7.19. The van der Waals surface area contributed by atoms with E-state index < -0.39 is 0 Å². The van der Waals surface area contributed by atoms with Crippen LogP contribution in [0.1, 0.15) is 35.2 Å². The zero-order valence-corrected chi connectivity index (χ0v) is 12.8. The van der Waals surface area contributed by atoms with Crippen molar-refractivity contribution in [2.45, 2.75) is 38.8 Å². The molecule has 1 fully saturated rings. The molecule has 0 radical (unpaired) electrons. The molecule has 1 aromatic heterocycles. The van der Waals surface area contributed by atoms with Crippen molar-refractivity contribution < 1.29 is 9.53 Å². The highest BCUT2D eigenvalue weighted by Crippen LogP contribution is 2.15. The van der Waals surface area contributed by atoms with Gasteiger partial charge >= 0.3 is 0 Å². The van der Waals surface area contributed by atoms with E-state index in [9.17, 15) is 4.79 Å². The molecule has 2 aromatic rings. The van der Waals surface area contributed by atoms with Crippen molar-refractivity contribution in [1.82, 2.24) is 9.78 Å². The third-order valence-corrected chi connectivity index (χ3v) is 3.84. The van der Waals surface area contributed by atoms with Gasteiger partial charge in [0.2, 0.25) is 0 Å². The predicted molar refractivity (Wildman–Crippen MR) is 85.0 cm³/mol. The van der Waals surface area contributed by atoms with Crippen molar-refractivity contribution in [3.05, 3.63) is 47.8 Å². The largest absolute Gasteiger partial charge is 0.376 e. The first-order chi connectivity index (χ1) is 10.7. The van der Waals surface area contributed by atoms with E-state index in [1.807, 2.05) is 42.1 Å². The molecule has 1 aliphatic rings. The van der Waals surface area contributed by atoms with E-state index in [2.05, 4.69) is 10.4 Å². The summed E-state index contributed by atoms with van der Waals surface area (Å²) in [6.45, 7) is 3.54. The number of aryl methyl sites for hydroxylation is 1. The van der Waals surface area contributed by atoms with Crippen LogP contribution in [0.3, 0.4) is 0 Å². The maximum absolute atomic E-state index is 12.2. The highest BCUT2D eigenvalue weighted by molar-refractivity contribution is 6.04. The van der Waals surface area contributed by atoms with Crippen LogP contribution >= 0.6 is 0 Å². The number of rotatable bonds is 4. The molecular formula is C17H21N3O2. The second-order valence-corrected chi connectivity index (χ2v) is 5.76. The summed E-state index contributed by atoms with van der Waals surface area (Å²) in [5.41, 5.74) is 2.43.